The van der Waals surface area contributed by atoms with Crippen LogP contribution in [-0.4, -0.2) is 17.2 Å². The highest BCUT2D eigenvalue weighted by Crippen LogP contribution is 2.19. The van der Waals surface area contributed by atoms with Gasteiger partial charge in [-0.2, -0.15) is 0 Å². The van der Waals surface area contributed by atoms with Gasteiger partial charge >= 0.3 is 0 Å². The first kappa shape index (κ1) is 14.3. The highest BCUT2D eigenvalue weighted by molar-refractivity contribution is 5.02. The summed E-state index contributed by atoms with van der Waals surface area (Å²) in [5.41, 5.74) is 0. The number of hydrogen-bond donors (Lipinski definition) is 2. The molecule has 0 bridgehead atoms. The minimum atomic E-state index is -0.517. The molecule has 2 N–H and O–H groups in total. The number of aliphatic hydroxyl groups excluding tert-OH is 1. The molecule has 0 aliphatic heterocycles. The molecule has 0 aromatic carbocycles. The van der Waals surface area contributed by atoms with Crippen molar-refractivity contribution in [3.05, 3.63) is 24.2 Å². The zero-order chi connectivity index (χ0) is 12.8. The third kappa shape index (κ3) is 4.52. The fraction of sp³-hybridized carbons (Fsp3) is 0.714. The number of aliphatic hydroxyl groups is 1. The minimum absolute atomic E-state index is 0.280. The summed E-state index contributed by atoms with van der Waals surface area (Å²) < 4.78 is 5.20. The molecule has 0 saturated carbocycles. The standard InChI is InChI=1S/C14H25NO2/c1-5-12(10(2)3)15-11(4)9-13(16)14-7-6-8-17-14/h6-8,10-13,15-16H,5,9H2,1-4H3. The molecule has 1 aromatic rings. The molecule has 0 fully saturated rings. The van der Waals surface area contributed by atoms with Crippen LogP contribution in [0.4, 0.5) is 0 Å². The van der Waals surface area contributed by atoms with Gasteiger partial charge in [0.15, 0.2) is 0 Å². The van der Waals surface area contributed by atoms with Gasteiger partial charge in [0.2, 0.25) is 0 Å². The van der Waals surface area contributed by atoms with Crippen LogP contribution in [0.15, 0.2) is 22.8 Å². The maximum atomic E-state index is 9.97. The summed E-state index contributed by atoms with van der Waals surface area (Å²) in [4.78, 5) is 0. The van der Waals surface area contributed by atoms with Gasteiger partial charge in [0, 0.05) is 12.1 Å². The van der Waals surface area contributed by atoms with Gasteiger partial charge in [0.05, 0.1) is 6.26 Å². The Balaban J connectivity index is 2.41. The second-order valence-electron chi connectivity index (χ2n) is 5.09. The van der Waals surface area contributed by atoms with Gasteiger partial charge < -0.3 is 14.8 Å². The van der Waals surface area contributed by atoms with Gasteiger partial charge in [-0.3, -0.25) is 0 Å². The topological polar surface area (TPSA) is 45.4 Å². The fourth-order valence-corrected chi connectivity index (χ4v) is 2.15. The molecule has 0 aliphatic rings. The first-order valence-corrected chi connectivity index (χ1v) is 6.52. The summed E-state index contributed by atoms with van der Waals surface area (Å²) in [6, 6.07) is 4.41. The molecule has 0 saturated heterocycles. The van der Waals surface area contributed by atoms with E-state index in [4.69, 9.17) is 4.42 Å². The SMILES string of the molecule is CCC(NC(C)CC(O)c1ccco1)C(C)C. The van der Waals surface area contributed by atoms with E-state index in [-0.39, 0.29) is 6.04 Å². The Hall–Kier alpha value is -0.800. The highest BCUT2D eigenvalue weighted by Gasteiger charge is 2.18. The van der Waals surface area contributed by atoms with E-state index in [0.717, 1.165) is 6.42 Å². The summed E-state index contributed by atoms with van der Waals surface area (Å²) in [5, 5.41) is 13.5. The van der Waals surface area contributed by atoms with Gasteiger partial charge in [-0.1, -0.05) is 20.8 Å². The maximum absolute atomic E-state index is 9.97. The first-order chi connectivity index (χ1) is 8.04. The van der Waals surface area contributed by atoms with Crippen molar-refractivity contribution in [2.24, 2.45) is 5.92 Å². The summed E-state index contributed by atoms with van der Waals surface area (Å²) in [5.74, 6) is 1.26. The Labute approximate surface area is 104 Å². The number of hydrogen-bond acceptors (Lipinski definition) is 3. The van der Waals surface area contributed by atoms with Crippen molar-refractivity contribution in [2.45, 2.75) is 58.7 Å². The van der Waals surface area contributed by atoms with Crippen molar-refractivity contribution in [2.75, 3.05) is 0 Å². The third-order valence-electron chi connectivity index (χ3n) is 3.19. The Morgan fingerprint density at radius 2 is 2.06 bits per heavy atom. The molecule has 98 valence electrons. The van der Waals surface area contributed by atoms with Crippen LogP contribution in [0.1, 0.15) is 52.4 Å². The van der Waals surface area contributed by atoms with Crippen LogP contribution in [0.25, 0.3) is 0 Å². The summed E-state index contributed by atoms with van der Waals surface area (Å²) in [6.07, 6.45) is 2.87. The zero-order valence-electron chi connectivity index (χ0n) is 11.3. The van der Waals surface area contributed by atoms with Crippen molar-refractivity contribution >= 4 is 0 Å². The average Bonchev–Trinajstić information content (AvgIpc) is 2.78. The Morgan fingerprint density at radius 3 is 2.53 bits per heavy atom. The van der Waals surface area contributed by atoms with Gasteiger partial charge in [-0.25, -0.2) is 0 Å². The van der Waals surface area contributed by atoms with Crippen molar-refractivity contribution in [1.29, 1.82) is 0 Å². The molecule has 0 spiro atoms. The number of nitrogens with one attached hydrogen (secondary N) is 1. The van der Waals surface area contributed by atoms with E-state index in [0.29, 0.717) is 24.1 Å². The molecule has 1 aromatic heterocycles. The predicted octanol–water partition coefficient (Wildman–Crippen LogP) is 3.12. The Morgan fingerprint density at radius 1 is 1.35 bits per heavy atom. The molecular formula is C14H25NO2. The van der Waals surface area contributed by atoms with Crippen LogP contribution in [0.5, 0.6) is 0 Å². The lowest BCUT2D eigenvalue weighted by molar-refractivity contribution is 0.124. The smallest absolute Gasteiger partial charge is 0.132 e. The quantitative estimate of drug-likeness (QED) is 0.768. The lowest BCUT2D eigenvalue weighted by atomic mass is 9.99. The monoisotopic (exact) mass is 239 g/mol. The lowest BCUT2D eigenvalue weighted by Crippen LogP contribution is -2.40. The summed E-state index contributed by atoms with van der Waals surface area (Å²) >= 11 is 0. The molecule has 0 amide bonds. The van der Waals surface area contributed by atoms with Crippen LogP contribution >= 0.6 is 0 Å². The third-order valence-corrected chi connectivity index (χ3v) is 3.19. The van der Waals surface area contributed by atoms with Crippen LogP contribution in [0.2, 0.25) is 0 Å². The van der Waals surface area contributed by atoms with E-state index in [1.165, 1.54) is 0 Å². The van der Waals surface area contributed by atoms with Gasteiger partial charge in [-0.05, 0) is 37.8 Å². The van der Waals surface area contributed by atoms with Crippen LogP contribution in [-0.2, 0) is 0 Å². The molecule has 3 unspecified atom stereocenters. The van der Waals surface area contributed by atoms with E-state index >= 15 is 0 Å². The van der Waals surface area contributed by atoms with E-state index < -0.39 is 6.10 Å². The van der Waals surface area contributed by atoms with Crippen molar-refractivity contribution in [3.8, 4) is 0 Å². The second-order valence-corrected chi connectivity index (χ2v) is 5.09. The first-order valence-electron chi connectivity index (χ1n) is 6.52. The van der Waals surface area contributed by atoms with Crippen molar-refractivity contribution in [1.82, 2.24) is 5.32 Å². The van der Waals surface area contributed by atoms with Gasteiger partial charge in [0.25, 0.3) is 0 Å². The molecule has 0 radical (unpaired) electrons. The van der Waals surface area contributed by atoms with Crippen LogP contribution in [0.3, 0.4) is 0 Å². The maximum Gasteiger partial charge on any atom is 0.132 e. The van der Waals surface area contributed by atoms with Crippen LogP contribution < -0.4 is 5.32 Å². The number of furan rings is 1. The molecule has 0 aliphatic carbocycles. The Kier molecular flexibility index (Phi) is 5.72. The molecule has 1 rings (SSSR count). The second kappa shape index (κ2) is 6.82. The summed E-state index contributed by atoms with van der Waals surface area (Å²) in [7, 11) is 0. The highest BCUT2D eigenvalue weighted by atomic mass is 16.4. The molecule has 3 heteroatoms. The fourth-order valence-electron chi connectivity index (χ4n) is 2.15. The van der Waals surface area contributed by atoms with Crippen LogP contribution in [0, 0.1) is 5.92 Å². The average molecular weight is 239 g/mol. The largest absolute Gasteiger partial charge is 0.467 e. The predicted molar refractivity (Wildman–Crippen MR) is 69.8 cm³/mol. The molecule has 17 heavy (non-hydrogen) atoms. The molecule has 3 nitrogen and oxygen atoms in total. The lowest BCUT2D eigenvalue weighted by Gasteiger charge is -2.26. The summed E-state index contributed by atoms with van der Waals surface area (Å²) in [6.45, 7) is 8.73. The van der Waals surface area contributed by atoms with E-state index in [1.54, 1.807) is 12.3 Å². The van der Waals surface area contributed by atoms with Crippen molar-refractivity contribution < 1.29 is 9.52 Å². The Bertz CT molecular complexity index is 295. The zero-order valence-corrected chi connectivity index (χ0v) is 11.3. The normalized spacial score (nSPS) is 17.1. The molecular weight excluding hydrogens is 214 g/mol. The minimum Gasteiger partial charge on any atom is -0.467 e. The number of rotatable bonds is 7. The van der Waals surface area contributed by atoms with E-state index in [1.807, 2.05) is 6.07 Å². The van der Waals surface area contributed by atoms with Gasteiger partial charge in [-0.15, -0.1) is 0 Å². The van der Waals surface area contributed by atoms with Gasteiger partial charge in [0.1, 0.15) is 11.9 Å². The molecule has 1 heterocycles. The van der Waals surface area contributed by atoms with E-state index in [9.17, 15) is 5.11 Å². The molecule has 3 atom stereocenters. The van der Waals surface area contributed by atoms with E-state index in [2.05, 4.69) is 33.0 Å². The van der Waals surface area contributed by atoms with Crippen molar-refractivity contribution in [3.63, 3.8) is 0 Å².